The molecular formula is C15H24N2. The predicted octanol–water partition coefficient (Wildman–Crippen LogP) is 2.73. The average molecular weight is 232 g/mol. The van der Waals surface area contributed by atoms with Crippen molar-refractivity contribution in [2.45, 2.75) is 45.2 Å². The molecule has 0 bridgehead atoms. The van der Waals surface area contributed by atoms with Crippen molar-refractivity contribution >= 4 is 0 Å². The van der Waals surface area contributed by atoms with Crippen molar-refractivity contribution in [1.29, 1.82) is 0 Å². The van der Waals surface area contributed by atoms with E-state index in [-0.39, 0.29) is 0 Å². The van der Waals surface area contributed by atoms with E-state index in [1.165, 1.54) is 30.4 Å². The summed E-state index contributed by atoms with van der Waals surface area (Å²) in [6, 6.07) is 9.88. The summed E-state index contributed by atoms with van der Waals surface area (Å²) in [5.41, 5.74) is 8.96. The van der Waals surface area contributed by atoms with E-state index < -0.39 is 0 Å². The van der Waals surface area contributed by atoms with Gasteiger partial charge in [0.1, 0.15) is 0 Å². The molecule has 1 aromatic carbocycles. The van der Waals surface area contributed by atoms with Crippen LogP contribution in [0.1, 0.15) is 43.9 Å². The van der Waals surface area contributed by atoms with Crippen LogP contribution >= 0.6 is 0 Å². The molecule has 2 rings (SSSR count). The van der Waals surface area contributed by atoms with Crippen LogP contribution in [0.25, 0.3) is 0 Å². The van der Waals surface area contributed by atoms with Crippen molar-refractivity contribution in [3.8, 4) is 0 Å². The number of rotatable bonds is 4. The fourth-order valence-corrected chi connectivity index (χ4v) is 3.13. The molecule has 17 heavy (non-hydrogen) atoms. The van der Waals surface area contributed by atoms with Gasteiger partial charge in [-0.1, -0.05) is 38.1 Å². The molecule has 0 fully saturated rings. The Morgan fingerprint density at radius 1 is 1.29 bits per heavy atom. The van der Waals surface area contributed by atoms with Crippen LogP contribution < -0.4 is 5.73 Å². The van der Waals surface area contributed by atoms with E-state index in [1.807, 2.05) is 0 Å². The van der Waals surface area contributed by atoms with Crippen molar-refractivity contribution in [2.24, 2.45) is 5.73 Å². The zero-order valence-electron chi connectivity index (χ0n) is 11.0. The number of nitrogens with two attached hydrogens (primary N) is 1. The minimum Gasteiger partial charge on any atom is -0.329 e. The lowest BCUT2D eigenvalue weighted by Crippen LogP contribution is -2.45. The molecule has 2 nitrogen and oxygen atoms in total. The number of hydrogen-bond donors (Lipinski definition) is 1. The molecule has 0 radical (unpaired) electrons. The maximum atomic E-state index is 6.01. The topological polar surface area (TPSA) is 29.3 Å². The highest BCUT2D eigenvalue weighted by Crippen LogP contribution is 2.31. The van der Waals surface area contributed by atoms with Crippen molar-refractivity contribution in [3.63, 3.8) is 0 Å². The highest BCUT2D eigenvalue weighted by molar-refractivity contribution is 5.33. The second-order valence-electron chi connectivity index (χ2n) is 4.91. The molecule has 1 atom stereocenters. The quantitative estimate of drug-likeness (QED) is 0.865. The summed E-state index contributed by atoms with van der Waals surface area (Å²) >= 11 is 0. The minimum atomic E-state index is 0.421. The maximum Gasteiger partial charge on any atom is 0.0476 e. The summed E-state index contributed by atoms with van der Waals surface area (Å²) in [4.78, 5) is 2.61. The first-order chi connectivity index (χ1) is 8.31. The molecule has 0 amide bonds. The van der Waals surface area contributed by atoms with Crippen LogP contribution in [0.4, 0.5) is 0 Å². The zero-order valence-corrected chi connectivity index (χ0v) is 11.0. The average Bonchev–Trinajstić information content (AvgIpc) is 2.39. The Bertz CT molecular complexity index is 358. The molecule has 2 heteroatoms. The monoisotopic (exact) mass is 232 g/mol. The van der Waals surface area contributed by atoms with Gasteiger partial charge in [-0.3, -0.25) is 4.90 Å². The van der Waals surface area contributed by atoms with Crippen LogP contribution in [0.3, 0.4) is 0 Å². The molecular weight excluding hydrogens is 208 g/mol. The molecule has 1 aliphatic rings. The summed E-state index contributed by atoms with van der Waals surface area (Å²) in [5, 5.41) is 0. The Balaban J connectivity index is 2.28. The number of hydrogen-bond acceptors (Lipinski definition) is 2. The van der Waals surface area contributed by atoms with Gasteiger partial charge in [0.15, 0.2) is 0 Å². The van der Waals surface area contributed by atoms with E-state index in [9.17, 15) is 0 Å². The molecule has 0 saturated carbocycles. The standard InChI is InChI=1S/C15H24N2/c1-3-13(4-2)17-10-9-12-7-5-6-8-14(12)15(17)11-16/h5-8,13,15H,3-4,9-11,16H2,1-2H3. The summed E-state index contributed by atoms with van der Waals surface area (Å²) in [5.74, 6) is 0. The van der Waals surface area contributed by atoms with E-state index in [0.29, 0.717) is 12.1 Å². The van der Waals surface area contributed by atoms with Gasteiger partial charge < -0.3 is 5.73 Å². The predicted molar refractivity (Wildman–Crippen MR) is 73.0 cm³/mol. The van der Waals surface area contributed by atoms with Crippen LogP contribution in [0.2, 0.25) is 0 Å². The summed E-state index contributed by atoms with van der Waals surface area (Å²) in [7, 11) is 0. The lowest BCUT2D eigenvalue weighted by atomic mass is 9.90. The molecule has 0 aliphatic carbocycles. The first-order valence-corrected chi connectivity index (χ1v) is 6.85. The molecule has 0 spiro atoms. The summed E-state index contributed by atoms with van der Waals surface area (Å²) in [6.07, 6.45) is 3.60. The SMILES string of the molecule is CCC(CC)N1CCc2ccccc2C1CN. The third-order valence-electron chi connectivity index (χ3n) is 4.09. The third kappa shape index (κ3) is 2.38. The summed E-state index contributed by atoms with van der Waals surface area (Å²) < 4.78 is 0. The zero-order chi connectivity index (χ0) is 12.3. The van der Waals surface area contributed by atoms with Gasteiger partial charge in [0, 0.05) is 25.2 Å². The number of benzene rings is 1. The second-order valence-corrected chi connectivity index (χ2v) is 4.91. The van der Waals surface area contributed by atoms with E-state index in [1.54, 1.807) is 0 Å². The van der Waals surface area contributed by atoms with Gasteiger partial charge >= 0.3 is 0 Å². The van der Waals surface area contributed by atoms with Gasteiger partial charge in [-0.2, -0.15) is 0 Å². The molecule has 2 N–H and O–H groups in total. The van der Waals surface area contributed by atoms with E-state index in [2.05, 4.69) is 43.0 Å². The normalized spacial score (nSPS) is 20.6. The van der Waals surface area contributed by atoms with Gasteiger partial charge in [0.2, 0.25) is 0 Å². The fraction of sp³-hybridized carbons (Fsp3) is 0.600. The lowest BCUT2D eigenvalue weighted by molar-refractivity contribution is 0.120. The molecule has 0 saturated heterocycles. The van der Waals surface area contributed by atoms with Gasteiger partial charge in [0.25, 0.3) is 0 Å². The fourth-order valence-electron chi connectivity index (χ4n) is 3.13. The Hall–Kier alpha value is -0.860. The van der Waals surface area contributed by atoms with Gasteiger partial charge in [0.05, 0.1) is 0 Å². The molecule has 1 aliphatic heterocycles. The number of nitrogens with zero attached hydrogens (tertiary/aromatic N) is 1. The van der Waals surface area contributed by atoms with Crippen molar-refractivity contribution in [1.82, 2.24) is 4.90 Å². The third-order valence-corrected chi connectivity index (χ3v) is 4.09. The Morgan fingerprint density at radius 2 is 2.00 bits per heavy atom. The largest absolute Gasteiger partial charge is 0.329 e. The lowest BCUT2D eigenvalue weighted by Gasteiger charge is -2.41. The van der Waals surface area contributed by atoms with Crippen LogP contribution in [-0.4, -0.2) is 24.0 Å². The Kier molecular flexibility index (Phi) is 4.19. The second kappa shape index (κ2) is 5.65. The maximum absolute atomic E-state index is 6.01. The van der Waals surface area contributed by atoms with Gasteiger partial charge in [-0.15, -0.1) is 0 Å². The van der Waals surface area contributed by atoms with Crippen molar-refractivity contribution in [3.05, 3.63) is 35.4 Å². The highest BCUT2D eigenvalue weighted by atomic mass is 15.2. The Morgan fingerprint density at radius 3 is 2.65 bits per heavy atom. The van der Waals surface area contributed by atoms with Crippen LogP contribution in [0, 0.1) is 0 Å². The molecule has 0 aromatic heterocycles. The van der Waals surface area contributed by atoms with E-state index in [4.69, 9.17) is 5.73 Å². The van der Waals surface area contributed by atoms with E-state index in [0.717, 1.165) is 13.1 Å². The molecule has 1 heterocycles. The molecule has 1 aromatic rings. The Labute approximate surface area is 105 Å². The van der Waals surface area contributed by atoms with Crippen molar-refractivity contribution in [2.75, 3.05) is 13.1 Å². The van der Waals surface area contributed by atoms with Gasteiger partial charge in [-0.05, 0) is 30.4 Å². The first kappa shape index (κ1) is 12.6. The van der Waals surface area contributed by atoms with Crippen molar-refractivity contribution < 1.29 is 0 Å². The first-order valence-electron chi connectivity index (χ1n) is 6.85. The minimum absolute atomic E-state index is 0.421. The summed E-state index contributed by atoms with van der Waals surface area (Å²) in [6.45, 7) is 6.45. The van der Waals surface area contributed by atoms with Crippen LogP contribution in [-0.2, 0) is 6.42 Å². The molecule has 94 valence electrons. The number of fused-ring (bicyclic) bond motifs is 1. The molecule has 1 unspecified atom stereocenters. The highest BCUT2D eigenvalue weighted by Gasteiger charge is 2.29. The van der Waals surface area contributed by atoms with Crippen LogP contribution in [0.15, 0.2) is 24.3 Å². The van der Waals surface area contributed by atoms with Crippen LogP contribution in [0.5, 0.6) is 0 Å². The van der Waals surface area contributed by atoms with Gasteiger partial charge in [-0.25, -0.2) is 0 Å². The van der Waals surface area contributed by atoms with E-state index >= 15 is 0 Å². The smallest absolute Gasteiger partial charge is 0.0476 e.